The van der Waals surface area contributed by atoms with Gasteiger partial charge in [-0.15, -0.1) is 0 Å². The first-order valence-corrected chi connectivity index (χ1v) is 11.3. The van der Waals surface area contributed by atoms with Gasteiger partial charge in [-0.2, -0.15) is 5.10 Å². The number of hydrogen-bond donors (Lipinski definition) is 3. The minimum Gasteiger partial charge on any atom is -0.356 e. The van der Waals surface area contributed by atoms with E-state index in [0.717, 1.165) is 5.56 Å². The lowest BCUT2D eigenvalue weighted by atomic mass is 10.1. The van der Waals surface area contributed by atoms with Crippen LogP contribution in [0.4, 0.5) is 0 Å². The number of thioether (sulfide) groups is 1. The van der Waals surface area contributed by atoms with Crippen LogP contribution in [0.15, 0.2) is 45.3 Å². The monoisotopic (exact) mass is 434 g/mol. The smallest absolute Gasteiger partial charge is 0.265 e. The van der Waals surface area contributed by atoms with Crippen LogP contribution in [0.2, 0.25) is 0 Å². The van der Waals surface area contributed by atoms with Gasteiger partial charge in [0.2, 0.25) is 15.9 Å². The molecule has 152 valence electrons. The molecular formula is C17H18N6O4S2. The van der Waals surface area contributed by atoms with Crippen LogP contribution in [0.5, 0.6) is 0 Å². The van der Waals surface area contributed by atoms with Crippen LogP contribution < -0.4 is 16.0 Å². The molecule has 0 fully saturated rings. The number of carbonyl (C=O) groups excluding carboxylic acids is 1. The average molecular weight is 435 g/mol. The molecular weight excluding hydrogens is 416 g/mol. The molecule has 0 radical (unpaired) electrons. The van der Waals surface area contributed by atoms with Gasteiger partial charge in [0, 0.05) is 18.7 Å². The second-order valence-corrected chi connectivity index (χ2v) is 9.21. The number of primary sulfonamides is 1. The molecule has 1 unspecified atom stereocenters. The van der Waals surface area contributed by atoms with Crippen molar-refractivity contribution in [2.45, 2.75) is 28.9 Å². The third kappa shape index (κ3) is 4.04. The predicted octanol–water partition coefficient (Wildman–Crippen LogP) is 0.163. The molecule has 0 saturated carbocycles. The summed E-state index contributed by atoms with van der Waals surface area (Å²) in [7, 11) is -3.72. The second-order valence-electron chi connectivity index (χ2n) is 6.66. The highest BCUT2D eigenvalue weighted by atomic mass is 32.2. The lowest BCUT2D eigenvalue weighted by Gasteiger charge is -2.13. The Kier molecular flexibility index (Phi) is 5.15. The average Bonchev–Trinajstić information content (AvgIpc) is 3.29. The fraction of sp³-hybridized carbons (Fsp3) is 0.294. The van der Waals surface area contributed by atoms with E-state index in [2.05, 4.69) is 20.5 Å². The number of aromatic amines is 1. The number of sulfonamides is 1. The molecule has 2 aromatic heterocycles. The van der Waals surface area contributed by atoms with Gasteiger partial charge in [0.25, 0.3) is 5.56 Å². The van der Waals surface area contributed by atoms with Gasteiger partial charge in [-0.05, 0) is 24.1 Å². The van der Waals surface area contributed by atoms with Crippen molar-refractivity contribution >= 4 is 38.7 Å². The predicted molar refractivity (Wildman–Crippen MR) is 107 cm³/mol. The number of fused-ring (bicyclic) bond motifs is 2. The number of hydrogen-bond acceptors (Lipinski definition) is 7. The normalized spacial score (nSPS) is 16.1. The van der Waals surface area contributed by atoms with E-state index in [0.29, 0.717) is 34.9 Å². The van der Waals surface area contributed by atoms with Gasteiger partial charge in [-0.1, -0.05) is 23.9 Å². The molecule has 1 aliphatic rings. The molecule has 0 bridgehead atoms. The second kappa shape index (κ2) is 7.61. The minimum absolute atomic E-state index is 0.0495. The zero-order chi connectivity index (χ0) is 20.6. The summed E-state index contributed by atoms with van der Waals surface area (Å²) >= 11 is 1.44. The molecule has 3 heterocycles. The van der Waals surface area contributed by atoms with Crippen LogP contribution in [0.1, 0.15) is 18.0 Å². The van der Waals surface area contributed by atoms with E-state index in [1.165, 1.54) is 30.1 Å². The van der Waals surface area contributed by atoms with Crippen molar-refractivity contribution in [2.24, 2.45) is 5.14 Å². The lowest BCUT2D eigenvalue weighted by Crippen LogP contribution is -2.31. The SMILES string of the molecule is NS(=O)(=O)c1ccc(CCNC(=O)CC2CSc3nc4[nH]ncc4c(=O)n32)cc1. The summed E-state index contributed by atoms with van der Waals surface area (Å²) in [5.74, 6) is 0.439. The van der Waals surface area contributed by atoms with Crippen LogP contribution >= 0.6 is 11.8 Å². The van der Waals surface area contributed by atoms with Gasteiger partial charge in [-0.25, -0.2) is 18.5 Å². The van der Waals surface area contributed by atoms with Crippen LogP contribution in [-0.2, 0) is 21.2 Å². The van der Waals surface area contributed by atoms with E-state index in [1.54, 1.807) is 16.7 Å². The summed E-state index contributed by atoms with van der Waals surface area (Å²) < 4.78 is 24.1. The van der Waals surface area contributed by atoms with Gasteiger partial charge in [0.05, 0.1) is 17.1 Å². The Hall–Kier alpha value is -2.70. The summed E-state index contributed by atoms with van der Waals surface area (Å²) in [6, 6.07) is 5.95. The van der Waals surface area contributed by atoms with Crippen molar-refractivity contribution in [1.82, 2.24) is 25.1 Å². The van der Waals surface area contributed by atoms with Crippen molar-refractivity contribution in [1.29, 1.82) is 0 Å². The molecule has 1 amide bonds. The van der Waals surface area contributed by atoms with Crippen molar-refractivity contribution in [2.75, 3.05) is 12.3 Å². The van der Waals surface area contributed by atoms with E-state index < -0.39 is 10.0 Å². The molecule has 3 aromatic rings. The van der Waals surface area contributed by atoms with E-state index >= 15 is 0 Å². The molecule has 1 atom stereocenters. The van der Waals surface area contributed by atoms with Gasteiger partial charge >= 0.3 is 0 Å². The molecule has 29 heavy (non-hydrogen) atoms. The number of H-pyrrole nitrogens is 1. The molecule has 0 aliphatic carbocycles. The molecule has 1 aromatic carbocycles. The Morgan fingerprint density at radius 2 is 2.10 bits per heavy atom. The van der Waals surface area contributed by atoms with Crippen LogP contribution in [0.25, 0.3) is 11.0 Å². The first-order valence-electron chi connectivity index (χ1n) is 8.80. The van der Waals surface area contributed by atoms with Gasteiger partial charge < -0.3 is 5.32 Å². The number of rotatable bonds is 6. The van der Waals surface area contributed by atoms with Gasteiger partial charge in [0.1, 0.15) is 5.39 Å². The largest absolute Gasteiger partial charge is 0.356 e. The third-order valence-corrected chi connectivity index (χ3v) is 6.69. The van der Waals surface area contributed by atoms with Gasteiger partial charge in [-0.3, -0.25) is 19.3 Å². The number of amides is 1. The number of carbonyl (C=O) groups is 1. The quantitative estimate of drug-likeness (QED) is 0.467. The molecule has 4 rings (SSSR count). The van der Waals surface area contributed by atoms with Crippen LogP contribution in [-0.4, -0.2) is 46.4 Å². The number of aromatic nitrogens is 4. The Morgan fingerprint density at radius 3 is 2.83 bits per heavy atom. The van der Waals surface area contributed by atoms with E-state index in [-0.39, 0.29) is 28.8 Å². The van der Waals surface area contributed by atoms with Crippen molar-refractivity contribution in [3.63, 3.8) is 0 Å². The summed E-state index contributed by atoms with van der Waals surface area (Å²) in [6.45, 7) is 0.397. The zero-order valence-electron chi connectivity index (χ0n) is 15.2. The topological polar surface area (TPSA) is 153 Å². The van der Waals surface area contributed by atoms with Gasteiger partial charge in [0.15, 0.2) is 10.8 Å². The van der Waals surface area contributed by atoms with Crippen molar-refractivity contribution in [3.8, 4) is 0 Å². The Labute approximate surface area is 169 Å². The highest BCUT2D eigenvalue weighted by Crippen LogP contribution is 2.32. The minimum atomic E-state index is -3.72. The number of nitrogens with two attached hydrogens (primary N) is 1. The summed E-state index contributed by atoms with van der Waals surface area (Å²) in [5, 5.41) is 15.4. The van der Waals surface area contributed by atoms with E-state index in [4.69, 9.17) is 5.14 Å². The zero-order valence-corrected chi connectivity index (χ0v) is 16.8. The molecule has 10 nitrogen and oxygen atoms in total. The standard InChI is InChI=1S/C17H18N6O4S2/c18-29(26,27)12-3-1-10(2-4-12)5-6-19-14(24)7-11-9-28-17-21-15-13(8-20-22-15)16(25)23(11)17/h1-4,8,11H,5-7,9H2,(H,19,24)(H,20,22)(H2,18,26,27). The molecule has 0 saturated heterocycles. The van der Waals surface area contributed by atoms with Crippen molar-refractivity contribution < 1.29 is 13.2 Å². The Bertz CT molecular complexity index is 1230. The number of nitrogens with zero attached hydrogens (tertiary/aromatic N) is 3. The van der Waals surface area contributed by atoms with Crippen LogP contribution in [0, 0.1) is 0 Å². The molecule has 4 N–H and O–H groups in total. The summed E-state index contributed by atoms with van der Waals surface area (Å²) in [5.41, 5.74) is 1.13. The maximum Gasteiger partial charge on any atom is 0.265 e. The van der Waals surface area contributed by atoms with Crippen LogP contribution in [0.3, 0.4) is 0 Å². The van der Waals surface area contributed by atoms with E-state index in [1.807, 2.05) is 0 Å². The molecule has 0 spiro atoms. The molecule has 12 heteroatoms. The maximum absolute atomic E-state index is 12.6. The summed E-state index contributed by atoms with van der Waals surface area (Å²) in [4.78, 5) is 29.4. The summed E-state index contributed by atoms with van der Waals surface area (Å²) in [6.07, 6.45) is 2.17. The maximum atomic E-state index is 12.6. The third-order valence-electron chi connectivity index (χ3n) is 4.66. The highest BCUT2D eigenvalue weighted by molar-refractivity contribution is 7.99. The fourth-order valence-electron chi connectivity index (χ4n) is 3.18. The Balaban J connectivity index is 1.35. The lowest BCUT2D eigenvalue weighted by molar-refractivity contribution is -0.121. The fourth-order valence-corrected chi connectivity index (χ4v) is 4.84. The Morgan fingerprint density at radius 1 is 1.34 bits per heavy atom. The number of benzene rings is 1. The molecule has 1 aliphatic heterocycles. The number of nitrogens with one attached hydrogen (secondary N) is 2. The van der Waals surface area contributed by atoms with E-state index in [9.17, 15) is 18.0 Å². The first-order chi connectivity index (χ1) is 13.8. The van der Waals surface area contributed by atoms with Crippen molar-refractivity contribution in [3.05, 3.63) is 46.4 Å². The first kappa shape index (κ1) is 19.6. The highest BCUT2D eigenvalue weighted by Gasteiger charge is 2.28.